The van der Waals surface area contributed by atoms with Crippen LogP contribution in [0.3, 0.4) is 0 Å². The van der Waals surface area contributed by atoms with E-state index >= 15 is 0 Å². The molecular formula is C18H23ClN2O5S. The molecule has 0 spiro atoms. The van der Waals surface area contributed by atoms with Crippen LogP contribution in [-0.4, -0.2) is 31.2 Å². The van der Waals surface area contributed by atoms with Gasteiger partial charge in [-0.2, -0.15) is 8.42 Å². The summed E-state index contributed by atoms with van der Waals surface area (Å²) in [7, 11) is -3.67. The van der Waals surface area contributed by atoms with Gasteiger partial charge in [0.25, 0.3) is 10.1 Å². The number of primary amides is 1. The molecule has 0 radical (unpaired) electrons. The van der Waals surface area contributed by atoms with Crippen LogP contribution in [0.4, 0.5) is 0 Å². The normalized spacial score (nSPS) is 11.9. The quantitative estimate of drug-likeness (QED) is 0.598. The molecule has 9 heteroatoms. The summed E-state index contributed by atoms with van der Waals surface area (Å²) >= 11 is 5.93. The van der Waals surface area contributed by atoms with Crippen molar-refractivity contribution >= 4 is 27.6 Å². The van der Waals surface area contributed by atoms with Gasteiger partial charge in [-0.3, -0.25) is 9.35 Å². The van der Waals surface area contributed by atoms with Gasteiger partial charge in [0.05, 0.1) is 12.3 Å². The van der Waals surface area contributed by atoms with Gasteiger partial charge in [0.15, 0.2) is 0 Å². The number of amides is 1. The maximum Gasteiger partial charge on any atom is 0.261 e. The second kappa shape index (κ2) is 10.9. The number of nitrogens with one attached hydrogen (secondary N) is 1. The minimum Gasteiger partial charge on any atom is -0.489 e. The van der Waals surface area contributed by atoms with Gasteiger partial charge in [-0.15, -0.1) is 0 Å². The summed E-state index contributed by atoms with van der Waals surface area (Å²) in [6, 6.07) is 14.9. The smallest absolute Gasteiger partial charge is 0.261 e. The molecule has 1 atom stereocenters. The number of nitrogens with two attached hydrogens (primary N) is 1. The van der Waals surface area contributed by atoms with Crippen molar-refractivity contribution in [1.29, 1.82) is 0 Å². The topological polar surface area (TPSA) is 119 Å². The van der Waals surface area contributed by atoms with Gasteiger partial charge < -0.3 is 15.8 Å². The highest BCUT2D eigenvalue weighted by molar-refractivity contribution is 7.85. The van der Waals surface area contributed by atoms with Crippen molar-refractivity contribution in [3.8, 4) is 5.75 Å². The van der Waals surface area contributed by atoms with E-state index < -0.39 is 10.1 Å². The minimum absolute atomic E-state index is 0.348. The molecule has 2 aromatic carbocycles. The Balaban J connectivity index is 0.000000646. The Morgan fingerprint density at radius 2 is 1.81 bits per heavy atom. The van der Waals surface area contributed by atoms with Gasteiger partial charge in [-0.1, -0.05) is 35.9 Å². The lowest BCUT2D eigenvalue weighted by atomic mass is 10.2. The van der Waals surface area contributed by atoms with E-state index in [0.29, 0.717) is 24.4 Å². The van der Waals surface area contributed by atoms with E-state index in [0.717, 1.165) is 16.9 Å². The first kappa shape index (κ1) is 22.9. The van der Waals surface area contributed by atoms with Crippen molar-refractivity contribution in [1.82, 2.24) is 5.32 Å². The van der Waals surface area contributed by atoms with Gasteiger partial charge in [0.2, 0.25) is 5.91 Å². The first-order valence-electron chi connectivity index (χ1n) is 7.96. The molecule has 2 aromatic rings. The summed E-state index contributed by atoms with van der Waals surface area (Å²) in [5.74, 6) is 0.424. The third-order valence-electron chi connectivity index (χ3n) is 3.26. The molecule has 0 unspecified atom stereocenters. The van der Waals surface area contributed by atoms with Crippen LogP contribution in [0.15, 0.2) is 48.5 Å². The van der Waals surface area contributed by atoms with Crippen LogP contribution in [0, 0.1) is 0 Å². The van der Waals surface area contributed by atoms with E-state index in [9.17, 15) is 13.2 Å². The fourth-order valence-electron chi connectivity index (χ4n) is 1.87. The van der Waals surface area contributed by atoms with Gasteiger partial charge in [-0.05, 0) is 42.3 Å². The molecule has 0 bridgehead atoms. The summed E-state index contributed by atoms with van der Waals surface area (Å²) in [5.41, 5.74) is 7.28. The van der Waals surface area contributed by atoms with Crippen molar-refractivity contribution in [3.63, 3.8) is 0 Å². The van der Waals surface area contributed by atoms with Crippen LogP contribution in [0.25, 0.3) is 0 Å². The van der Waals surface area contributed by atoms with Crippen molar-refractivity contribution in [2.75, 3.05) is 6.26 Å². The predicted molar refractivity (Wildman–Crippen MR) is 105 cm³/mol. The monoisotopic (exact) mass is 414 g/mol. The van der Waals surface area contributed by atoms with Crippen molar-refractivity contribution in [2.45, 2.75) is 26.1 Å². The maximum absolute atomic E-state index is 10.9. The van der Waals surface area contributed by atoms with E-state index in [4.69, 9.17) is 26.6 Å². The summed E-state index contributed by atoms with van der Waals surface area (Å²) in [5, 5.41) is 3.75. The van der Waals surface area contributed by atoms with Gasteiger partial charge in [0, 0.05) is 11.6 Å². The van der Waals surface area contributed by atoms with Crippen molar-refractivity contribution in [2.24, 2.45) is 5.73 Å². The zero-order valence-corrected chi connectivity index (χ0v) is 16.6. The molecule has 0 aliphatic rings. The third-order valence-corrected chi connectivity index (χ3v) is 3.49. The van der Waals surface area contributed by atoms with Crippen LogP contribution in [0.1, 0.15) is 18.1 Å². The lowest BCUT2D eigenvalue weighted by molar-refractivity contribution is -0.119. The van der Waals surface area contributed by atoms with Crippen LogP contribution in [-0.2, 0) is 28.1 Å². The molecule has 0 saturated heterocycles. The van der Waals surface area contributed by atoms with Crippen molar-refractivity contribution < 1.29 is 22.5 Å². The Kier molecular flexibility index (Phi) is 9.23. The molecular weight excluding hydrogens is 392 g/mol. The molecule has 27 heavy (non-hydrogen) atoms. The molecule has 0 aliphatic carbocycles. The van der Waals surface area contributed by atoms with E-state index in [1.54, 1.807) is 6.92 Å². The van der Waals surface area contributed by atoms with Crippen LogP contribution in [0.2, 0.25) is 5.02 Å². The summed E-state index contributed by atoms with van der Waals surface area (Å²) in [6.07, 6.45) is 0.715. The number of carbonyl (C=O) groups excluding carboxylic acids is 1. The van der Waals surface area contributed by atoms with E-state index in [1.165, 1.54) is 0 Å². The average Bonchev–Trinajstić information content (AvgIpc) is 2.57. The zero-order valence-electron chi connectivity index (χ0n) is 15.1. The van der Waals surface area contributed by atoms with Gasteiger partial charge in [-0.25, -0.2) is 0 Å². The molecule has 0 heterocycles. The predicted octanol–water partition coefficient (Wildman–Crippen LogP) is 2.39. The largest absolute Gasteiger partial charge is 0.489 e. The van der Waals surface area contributed by atoms with E-state index in [-0.39, 0.29) is 11.9 Å². The Morgan fingerprint density at radius 1 is 1.22 bits per heavy atom. The number of halogens is 1. The summed E-state index contributed by atoms with van der Waals surface area (Å²) in [4.78, 5) is 10.9. The van der Waals surface area contributed by atoms with Crippen molar-refractivity contribution in [3.05, 3.63) is 64.7 Å². The highest BCUT2D eigenvalue weighted by Crippen LogP contribution is 2.16. The Morgan fingerprint density at radius 3 is 2.33 bits per heavy atom. The highest BCUT2D eigenvalue weighted by Gasteiger charge is 2.07. The van der Waals surface area contributed by atoms with Crippen LogP contribution in [0.5, 0.6) is 5.75 Å². The third kappa shape index (κ3) is 11.2. The molecule has 148 valence electrons. The standard InChI is InChI=1S/C17H19ClN2O2.CH4O3S/c1-12(17(19)21)20-10-13-5-7-16(8-6-13)22-11-14-3-2-4-15(18)9-14;1-5(2,3)4/h2-9,12,20H,10-11H2,1H3,(H2,19,21);1H3,(H,2,3,4)/t12-;/m1./s1. The molecule has 7 nitrogen and oxygen atoms in total. The molecule has 0 fully saturated rings. The van der Waals surface area contributed by atoms with Crippen LogP contribution >= 0.6 is 11.6 Å². The van der Waals surface area contributed by atoms with E-state index in [1.807, 2.05) is 48.5 Å². The Labute approximate surface area is 164 Å². The van der Waals surface area contributed by atoms with Gasteiger partial charge >= 0.3 is 0 Å². The first-order chi connectivity index (χ1) is 12.5. The summed E-state index contributed by atoms with van der Waals surface area (Å²) < 4.78 is 31.6. The maximum atomic E-state index is 10.9. The SMILES string of the molecule is CS(=O)(=O)O.C[C@@H](NCc1ccc(OCc2cccc(Cl)c2)cc1)C(N)=O. The second-order valence-electron chi connectivity index (χ2n) is 5.80. The zero-order chi connectivity index (χ0) is 20.4. The minimum atomic E-state index is -3.67. The first-order valence-corrected chi connectivity index (χ1v) is 10.2. The number of hydrogen-bond acceptors (Lipinski definition) is 5. The van der Waals surface area contributed by atoms with Crippen LogP contribution < -0.4 is 15.8 Å². The lowest BCUT2D eigenvalue weighted by Gasteiger charge is -2.11. The average molecular weight is 415 g/mol. The molecule has 0 saturated carbocycles. The van der Waals surface area contributed by atoms with E-state index in [2.05, 4.69) is 5.32 Å². The lowest BCUT2D eigenvalue weighted by Crippen LogP contribution is -2.38. The molecule has 2 rings (SSSR count). The highest BCUT2D eigenvalue weighted by atomic mass is 35.5. The fraction of sp³-hybridized carbons (Fsp3) is 0.278. The fourth-order valence-corrected chi connectivity index (χ4v) is 2.08. The number of rotatable bonds is 7. The summed E-state index contributed by atoms with van der Waals surface area (Å²) in [6.45, 7) is 2.79. The number of carbonyl (C=O) groups is 1. The molecule has 0 aromatic heterocycles. The van der Waals surface area contributed by atoms with Gasteiger partial charge in [0.1, 0.15) is 12.4 Å². The number of benzene rings is 2. The Hall–Kier alpha value is -2.13. The number of hydrogen-bond donors (Lipinski definition) is 3. The molecule has 4 N–H and O–H groups in total. The molecule has 1 amide bonds. The number of ether oxygens (including phenoxy) is 1. The molecule has 0 aliphatic heterocycles. The Bertz CT molecular complexity index is 833. The second-order valence-corrected chi connectivity index (χ2v) is 7.70.